The second kappa shape index (κ2) is 5.35. The number of hydrogen-bond donors (Lipinski definition) is 1. The highest BCUT2D eigenvalue weighted by molar-refractivity contribution is 5.85. The molecule has 0 bridgehead atoms. The van der Waals surface area contributed by atoms with E-state index in [-0.39, 0.29) is 36.1 Å². The van der Waals surface area contributed by atoms with Crippen molar-refractivity contribution in [3.8, 4) is 5.75 Å². The number of nitro benzene ring substituents is 1. The summed E-state index contributed by atoms with van der Waals surface area (Å²) in [5, 5.41) is 10.4. The molecule has 1 rings (SSSR count). The second-order valence-electron chi connectivity index (χ2n) is 2.53. The van der Waals surface area contributed by atoms with E-state index in [9.17, 15) is 14.5 Å². The lowest BCUT2D eigenvalue weighted by Gasteiger charge is -2.05. The van der Waals surface area contributed by atoms with Crippen molar-refractivity contribution in [2.45, 2.75) is 6.92 Å². The van der Waals surface area contributed by atoms with Crippen molar-refractivity contribution < 1.29 is 14.1 Å². The van der Waals surface area contributed by atoms with Gasteiger partial charge in [0.1, 0.15) is 5.69 Å². The third-order valence-corrected chi connectivity index (χ3v) is 1.58. The molecule has 0 aromatic heterocycles. The average Bonchev–Trinajstić information content (AvgIpc) is 2.09. The number of nitrogens with two attached hydrogens (primary N) is 1. The number of nitrogens with zero attached hydrogens (tertiary/aromatic N) is 1. The van der Waals surface area contributed by atoms with Crippen molar-refractivity contribution in [3.63, 3.8) is 0 Å². The molecule has 15 heavy (non-hydrogen) atoms. The van der Waals surface area contributed by atoms with E-state index in [0.717, 1.165) is 12.1 Å². The first-order chi connectivity index (χ1) is 6.56. The molecule has 0 aliphatic heterocycles. The average molecular weight is 237 g/mol. The van der Waals surface area contributed by atoms with Gasteiger partial charge in [-0.2, -0.15) is 0 Å². The van der Waals surface area contributed by atoms with Crippen molar-refractivity contribution in [2.75, 3.05) is 12.3 Å². The summed E-state index contributed by atoms with van der Waals surface area (Å²) in [7, 11) is 0. The van der Waals surface area contributed by atoms with Crippen molar-refractivity contribution in [3.05, 3.63) is 28.1 Å². The molecule has 0 saturated carbocycles. The normalized spacial score (nSPS) is 9.20. The molecule has 0 saturated heterocycles. The summed E-state index contributed by atoms with van der Waals surface area (Å²) in [6.45, 7) is 1.89. The first-order valence-electron chi connectivity index (χ1n) is 3.92. The Kier molecular flexibility index (Phi) is 4.80. The predicted molar refractivity (Wildman–Crippen MR) is 55.9 cm³/mol. The molecule has 0 aliphatic carbocycles. The van der Waals surface area contributed by atoms with Crippen LogP contribution in [-0.2, 0) is 0 Å². The molecule has 7 heteroatoms. The van der Waals surface area contributed by atoms with Crippen LogP contribution in [0.4, 0.5) is 15.8 Å². The Morgan fingerprint density at radius 2 is 2.20 bits per heavy atom. The lowest BCUT2D eigenvalue weighted by Crippen LogP contribution is -2.00. The van der Waals surface area contributed by atoms with Crippen LogP contribution >= 0.6 is 12.4 Å². The molecule has 0 fully saturated rings. The Morgan fingerprint density at radius 1 is 1.60 bits per heavy atom. The van der Waals surface area contributed by atoms with Crippen LogP contribution in [0.15, 0.2) is 12.1 Å². The van der Waals surface area contributed by atoms with Crippen molar-refractivity contribution >= 4 is 23.8 Å². The zero-order valence-electron chi connectivity index (χ0n) is 7.90. The number of hydrogen-bond acceptors (Lipinski definition) is 4. The Morgan fingerprint density at radius 3 is 2.67 bits per heavy atom. The quantitative estimate of drug-likeness (QED) is 0.495. The lowest BCUT2D eigenvalue weighted by atomic mass is 10.2. The Bertz CT molecular complexity index is 373. The number of nitrogen functional groups attached to an aromatic ring is 1. The molecular formula is C8H10ClFN2O3. The molecule has 0 aliphatic rings. The molecular weight excluding hydrogens is 227 g/mol. The van der Waals surface area contributed by atoms with Gasteiger partial charge in [-0.25, -0.2) is 4.39 Å². The molecule has 1 aromatic rings. The fourth-order valence-corrected chi connectivity index (χ4v) is 0.982. The second-order valence-corrected chi connectivity index (χ2v) is 2.53. The van der Waals surface area contributed by atoms with Crippen LogP contribution < -0.4 is 10.5 Å². The topological polar surface area (TPSA) is 78.4 Å². The highest BCUT2D eigenvalue weighted by atomic mass is 35.5. The van der Waals surface area contributed by atoms with Crippen LogP contribution in [0.5, 0.6) is 5.75 Å². The monoisotopic (exact) mass is 236 g/mol. The van der Waals surface area contributed by atoms with Crippen LogP contribution in [0.2, 0.25) is 0 Å². The van der Waals surface area contributed by atoms with E-state index in [1.54, 1.807) is 6.92 Å². The lowest BCUT2D eigenvalue weighted by molar-refractivity contribution is -0.384. The molecule has 0 radical (unpaired) electrons. The Hall–Kier alpha value is -1.56. The van der Waals surface area contributed by atoms with Gasteiger partial charge in [-0.15, -0.1) is 12.4 Å². The van der Waals surface area contributed by atoms with Gasteiger partial charge in [0.2, 0.25) is 0 Å². The maximum absolute atomic E-state index is 13.1. The Balaban J connectivity index is 0.00000196. The van der Waals surface area contributed by atoms with E-state index >= 15 is 0 Å². The van der Waals surface area contributed by atoms with E-state index in [0.29, 0.717) is 0 Å². The van der Waals surface area contributed by atoms with Crippen LogP contribution in [0.3, 0.4) is 0 Å². The summed E-state index contributed by atoms with van der Waals surface area (Å²) in [4.78, 5) is 9.75. The SMILES string of the molecule is CCOc1cc([N+](=O)[O-])c(N)cc1F.Cl. The minimum atomic E-state index is -0.699. The third-order valence-electron chi connectivity index (χ3n) is 1.58. The van der Waals surface area contributed by atoms with Crippen molar-refractivity contribution in [2.24, 2.45) is 0 Å². The minimum absolute atomic E-state index is 0. The molecule has 1 aromatic carbocycles. The molecule has 0 heterocycles. The summed E-state index contributed by atoms with van der Waals surface area (Å²) >= 11 is 0. The third kappa shape index (κ3) is 2.95. The smallest absolute Gasteiger partial charge is 0.296 e. The van der Waals surface area contributed by atoms with Gasteiger partial charge >= 0.3 is 0 Å². The van der Waals surface area contributed by atoms with Gasteiger partial charge in [0.05, 0.1) is 17.6 Å². The zero-order chi connectivity index (χ0) is 10.7. The van der Waals surface area contributed by atoms with Gasteiger partial charge in [0.25, 0.3) is 5.69 Å². The van der Waals surface area contributed by atoms with Crippen LogP contribution in [0, 0.1) is 15.9 Å². The molecule has 0 amide bonds. The summed E-state index contributed by atoms with van der Waals surface area (Å²) in [5.74, 6) is -0.858. The van der Waals surface area contributed by atoms with Gasteiger partial charge in [0.15, 0.2) is 11.6 Å². The summed E-state index contributed by atoms with van der Waals surface area (Å²) in [6.07, 6.45) is 0. The summed E-state index contributed by atoms with van der Waals surface area (Å²) in [5.41, 5.74) is 4.69. The number of benzene rings is 1. The first-order valence-corrected chi connectivity index (χ1v) is 3.92. The number of halogens is 2. The number of ether oxygens (including phenoxy) is 1. The Labute approximate surface area is 91.6 Å². The predicted octanol–water partition coefficient (Wildman–Crippen LogP) is 2.14. The highest BCUT2D eigenvalue weighted by Crippen LogP contribution is 2.29. The van der Waals surface area contributed by atoms with Crippen LogP contribution in [0.25, 0.3) is 0 Å². The fraction of sp³-hybridized carbons (Fsp3) is 0.250. The highest BCUT2D eigenvalue weighted by Gasteiger charge is 2.16. The summed E-state index contributed by atoms with van der Waals surface area (Å²) < 4.78 is 17.9. The van der Waals surface area contributed by atoms with E-state index in [1.807, 2.05) is 0 Å². The fourth-order valence-electron chi connectivity index (χ4n) is 0.982. The van der Waals surface area contributed by atoms with Crippen molar-refractivity contribution in [1.29, 1.82) is 0 Å². The van der Waals surface area contributed by atoms with Crippen molar-refractivity contribution in [1.82, 2.24) is 0 Å². The maximum Gasteiger partial charge on any atom is 0.296 e. The molecule has 5 nitrogen and oxygen atoms in total. The zero-order valence-corrected chi connectivity index (χ0v) is 8.71. The van der Waals surface area contributed by atoms with Gasteiger partial charge in [-0.05, 0) is 6.92 Å². The van der Waals surface area contributed by atoms with Gasteiger partial charge in [-0.1, -0.05) is 0 Å². The molecule has 0 spiro atoms. The molecule has 0 unspecified atom stereocenters. The molecule has 2 N–H and O–H groups in total. The van der Waals surface area contributed by atoms with Gasteiger partial charge < -0.3 is 10.5 Å². The van der Waals surface area contributed by atoms with E-state index < -0.39 is 10.7 Å². The minimum Gasteiger partial charge on any atom is -0.491 e. The molecule has 84 valence electrons. The van der Waals surface area contributed by atoms with Crippen LogP contribution in [-0.4, -0.2) is 11.5 Å². The standard InChI is InChI=1S/C8H9FN2O3.ClH/c1-2-14-8-4-7(11(12)13)6(10)3-5(8)9;/h3-4H,2,10H2,1H3;1H. The number of nitro groups is 1. The van der Waals surface area contributed by atoms with E-state index in [1.165, 1.54) is 0 Å². The van der Waals surface area contributed by atoms with Gasteiger partial charge in [-0.3, -0.25) is 10.1 Å². The number of anilines is 1. The van der Waals surface area contributed by atoms with E-state index in [4.69, 9.17) is 10.5 Å². The number of rotatable bonds is 3. The maximum atomic E-state index is 13.1. The largest absolute Gasteiger partial charge is 0.491 e. The van der Waals surface area contributed by atoms with Gasteiger partial charge in [0, 0.05) is 6.07 Å². The summed E-state index contributed by atoms with van der Waals surface area (Å²) in [6, 6.07) is 1.86. The molecule has 0 atom stereocenters. The van der Waals surface area contributed by atoms with E-state index in [2.05, 4.69) is 0 Å². The first kappa shape index (κ1) is 13.4. The van der Waals surface area contributed by atoms with Crippen LogP contribution in [0.1, 0.15) is 6.92 Å².